The molecule has 7 heteroatoms. The molecular weight excluding hydrogens is 514 g/mol. The van der Waals surface area contributed by atoms with Crippen LogP contribution in [0.25, 0.3) is 16.8 Å². The Balaban J connectivity index is 1.23. The Morgan fingerprint density at radius 2 is 1.71 bits per heavy atom. The van der Waals surface area contributed by atoms with Crippen LogP contribution in [0.2, 0.25) is 0 Å². The average molecular weight is 542 g/mol. The maximum absolute atomic E-state index is 13.0. The van der Waals surface area contributed by atoms with Gasteiger partial charge in [-0.2, -0.15) is 0 Å². The number of imide groups is 1. The zero-order valence-electron chi connectivity index (χ0n) is 21.2. The summed E-state index contributed by atoms with van der Waals surface area (Å²) in [6, 6.07) is 28.0. The summed E-state index contributed by atoms with van der Waals surface area (Å²) < 4.78 is 11.6. The summed E-state index contributed by atoms with van der Waals surface area (Å²) in [7, 11) is 1.59. The fourth-order valence-electron chi connectivity index (χ4n) is 4.26. The lowest BCUT2D eigenvalue weighted by atomic mass is 10.1. The van der Waals surface area contributed by atoms with E-state index < -0.39 is 0 Å². The Hall–Kier alpha value is -3.68. The first kappa shape index (κ1) is 25.9. The van der Waals surface area contributed by atoms with Crippen LogP contribution in [0, 0.1) is 6.92 Å². The minimum atomic E-state index is -0.284. The monoisotopic (exact) mass is 541 g/mol. The number of fused-ring (bicyclic) bond motifs is 1. The van der Waals surface area contributed by atoms with Gasteiger partial charge in [0.25, 0.3) is 11.1 Å². The second-order valence-electron chi connectivity index (χ2n) is 8.78. The van der Waals surface area contributed by atoms with Crippen LogP contribution in [0.4, 0.5) is 4.79 Å². The van der Waals surface area contributed by atoms with Crippen molar-refractivity contribution in [1.29, 1.82) is 0 Å². The van der Waals surface area contributed by atoms with Crippen molar-refractivity contribution in [3.05, 3.63) is 107 Å². The third kappa shape index (κ3) is 5.74. The van der Waals surface area contributed by atoms with E-state index in [9.17, 15) is 9.59 Å². The highest BCUT2D eigenvalue weighted by molar-refractivity contribution is 8.18. The van der Waals surface area contributed by atoms with Crippen molar-refractivity contribution >= 4 is 51.5 Å². The highest BCUT2D eigenvalue weighted by Gasteiger charge is 2.35. The molecular formula is C31H27NO4S2. The molecule has 5 rings (SSSR count). The van der Waals surface area contributed by atoms with Crippen molar-refractivity contribution < 1.29 is 19.1 Å². The molecule has 0 saturated carbocycles. The van der Waals surface area contributed by atoms with Gasteiger partial charge in [-0.15, -0.1) is 11.8 Å². The van der Waals surface area contributed by atoms with Crippen LogP contribution in [-0.4, -0.2) is 35.5 Å². The zero-order valence-corrected chi connectivity index (χ0v) is 22.8. The molecule has 0 bridgehead atoms. The van der Waals surface area contributed by atoms with E-state index in [2.05, 4.69) is 36.4 Å². The number of amides is 2. The Labute approximate surface area is 230 Å². The zero-order chi connectivity index (χ0) is 26.5. The van der Waals surface area contributed by atoms with Gasteiger partial charge >= 0.3 is 0 Å². The van der Waals surface area contributed by atoms with Crippen LogP contribution in [0.3, 0.4) is 0 Å². The molecule has 0 unspecified atom stereocenters. The first-order valence-corrected chi connectivity index (χ1v) is 14.0. The summed E-state index contributed by atoms with van der Waals surface area (Å²) in [4.78, 5) is 28.5. The van der Waals surface area contributed by atoms with E-state index in [-0.39, 0.29) is 17.7 Å². The predicted molar refractivity (Wildman–Crippen MR) is 156 cm³/mol. The molecule has 192 valence electrons. The fraction of sp³-hybridized carbons (Fsp3) is 0.161. The molecule has 5 nitrogen and oxygen atoms in total. The lowest BCUT2D eigenvalue weighted by Crippen LogP contribution is -2.27. The van der Waals surface area contributed by atoms with Gasteiger partial charge in [-0.3, -0.25) is 14.5 Å². The van der Waals surface area contributed by atoms with Gasteiger partial charge in [-0.25, -0.2) is 0 Å². The van der Waals surface area contributed by atoms with Crippen molar-refractivity contribution in [3.8, 4) is 11.5 Å². The summed E-state index contributed by atoms with van der Waals surface area (Å²) >= 11 is 2.72. The smallest absolute Gasteiger partial charge is 0.293 e. The van der Waals surface area contributed by atoms with Gasteiger partial charge in [0.05, 0.1) is 25.2 Å². The maximum Gasteiger partial charge on any atom is 0.293 e. The quantitative estimate of drug-likeness (QED) is 0.124. The normalized spacial score (nSPS) is 14.5. The number of methoxy groups -OCH3 is 1. The first-order valence-electron chi connectivity index (χ1n) is 12.2. The number of hydrogen-bond donors (Lipinski definition) is 0. The summed E-state index contributed by atoms with van der Waals surface area (Å²) in [6.45, 7) is 2.76. The molecule has 4 aromatic rings. The molecule has 38 heavy (non-hydrogen) atoms. The highest BCUT2D eigenvalue weighted by Crippen LogP contribution is 2.36. The van der Waals surface area contributed by atoms with E-state index in [1.54, 1.807) is 24.9 Å². The van der Waals surface area contributed by atoms with E-state index in [0.717, 1.165) is 34.2 Å². The van der Waals surface area contributed by atoms with Gasteiger partial charge < -0.3 is 9.47 Å². The second kappa shape index (κ2) is 11.8. The van der Waals surface area contributed by atoms with E-state index >= 15 is 0 Å². The number of benzene rings is 4. The summed E-state index contributed by atoms with van der Waals surface area (Å²) in [5.41, 5.74) is 2.77. The van der Waals surface area contributed by atoms with Gasteiger partial charge in [0.1, 0.15) is 0 Å². The Morgan fingerprint density at radius 1 is 0.921 bits per heavy atom. The molecule has 1 saturated heterocycles. The summed E-state index contributed by atoms with van der Waals surface area (Å²) in [5.74, 6) is 1.71. The molecule has 0 N–H and O–H groups in total. The maximum atomic E-state index is 13.0. The summed E-state index contributed by atoms with van der Waals surface area (Å²) in [5, 5.41) is 2.20. The molecule has 2 amide bonds. The molecule has 1 heterocycles. The minimum Gasteiger partial charge on any atom is -0.493 e. The molecule has 0 atom stereocenters. The predicted octanol–water partition coefficient (Wildman–Crippen LogP) is 7.56. The van der Waals surface area contributed by atoms with Crippen molar-refractivity contribution in [2.75, 3.05) is 19.5 Å². The second-order valence-corrected chi connectivity index (χ2v) is 10.9. The van der Waals surface area contributed by atoms with Gasteiger partial charge in [0.2, 0.25) is 0 Å². The SMILES string of the molecule is COc1cc(/C=C2\SC(=O)N(Cc3ccccc3C)C2=O)ccc1OCCSc1cccc2ccccc12. The summed E-state index contributed by atoms with van der Waals surface area (Å²) in [6.07, 6.45) is 1.73. The van der Waals surface area contributed by atoms with Crippen LogP contribution < -0.4 is 9.47 Å². The number of rotatable bonds is 9. The highest BCUT2D eigenvalue weighted by atomic mass is 32.2. The standard InChI is InChI=1S/C31H27NO4S2/c1-21-8-3-4-10-24(21)20-32-30(33)29(38-31(32)34)19-22-14-15-26(27(18-22)35-2)36-16-17-37-28-13-7-11-23-9-5-6-12-25(23)28/h3-15,18-19H,16-17,20H2,1-2H3/b29-19-. The Kier molecular flexibility index (Phi) is 8.05. The number of hydrogen-bond acceptors (Lipinski definition) is 6. The van der Waals surface area contributed by atoms with Crippen molar-refractivity contribution in [2.24, 2.45) is 0 Å². The number of ether oxygens (including phenoxy) is 2. The van der Waals surface area contributed by atoms with Gasteiger partial charge in [0.15, 0.2) is 11.5 Å². The lowest BCUT2D eigenvalue weighted by molar-refractivity contribution is -0.123. The molecule has 0 aliphatic carbocycles. The van der Waals surface area contributed by atoms with Gasteiger partial charge in [0, 0.05) is 10.6 Å². The molecule has 0 radical (unpaired) electrons. The van der Waals surface area contributed by atoms with E-state index in [4.69, 9.17) is 9.47 Å². The first-order chi connectivity index (χ1) is 18.5. The van der Waals surface area contributed by atoms with Crippen LogP contribution in [0.1, 0.15) is 16.7 Å². The third-order valence-corrected chi connectivity index (χ3v) is 8.24. The van der Waals surface area contributed by atoms with Crippen LogP contribution >= 0.6 is 23.5 Å². The molecule has 0 spiro atoms. The number of carbonyl (C=O) groups is 2. The number of nitrogens with zero attached hydrogens (tertiary/aromatic N) is 1. The van der Waals surface area contributed by atoms with Crippen molar-refractivity contribution in [3.63, 3.8) is 0 Å². The van der Waals surface area contributed by atoms with Gasteiger partial charge in [-0.1, -0.05) is 66.7 Å². The van der Waals surface area contributed by atoms with Gasteiger partial charge in [-0.05, 0) is 70.4 Å². The molecule has 1 aliphatic heterocycles. The van der Waals surface area contributed by atoms with E-state index in [0.29, 0.717) is 23.0 Å². The van der Waals surface area contributed by atoms with Crippen LogP contribution in [-0.2, 0) is 11.3 Å². The molecule has 1 fully saturated rings. The Bertz CT molecular complexity index is 1530. The molecule has 1 aliphatic rings. The van der Waals surface area contributed by atoms with Crippen molar-refractivity contribution in [2.45, 2.75) is 18.4 Å². The topological polar surface area (TPSA) is 55.8 Å². The fourth-order valence-corrected chi connectivity index (χ4v) is 6.00. The largest absolute Gasteiger partial charge is 0.493 e. The number of carbonyl (C=O) groups excluding carboxylic acids is 2. The molecule has 4 aromatic carbocycles. The van der Waals surface area contributed by atoms with Crippen molar-refractivity contribution in [1.82, 2.24) is 4.90 Å². The third-order valence-electron chi connectivity index (χ3n) is 6.30. The average Bonchev–Trinajstić information content (AvgIpc) is 3.20. The number of aryl methyl sites for hydroxylation is 1. The van der Waals surface area contributed by atoms with E-state index in [1.165, 1.54) is 20.6 Å². The van der Waals surface area contributed by atoms with Crippen LogP contribution in [0.5, 0.6) is 11.5 Å². The van der Waals surface area contributed by atoms with E-state index in [1.807, 2.05) is 55.5 Å². The lowest BCUT2D eigenvalue weighted by Gasteiger charge is -2.14. The van der Waals surface area contributed by atoms with Crippen LogP contribution in [0.15, 0.2) is 94.7 Å². The number of thioether (sulfide) groups is 2. The molecule has 0 aromatic heterocycles. The Morgan fingerprint density at radius 3 is 2.55 bits per heavy atom. The minimum absolute atomic E-state index is 0.264.